The highest BCUT2D eigenvalue weighted by molar-refractivity contribution is 6.62. The van der Waals surface area contributed by atoms with E-state index in [0.717, 1.165) is 29.9 Å². The van der Waals surface area contributed by atoms with Crippen LogP contribution in [0.2, 0.25) is 0 Å². The summed E-state index contributed by atoms with van der Waals surface area (Å²) in [5.41, 5.74) is 1.36. The average molecular weight is 313 g/mol. The van der Waals surface area contributed by atoms with Crippen LogP contribution in [0, 0.1) is 0 Å². The smallest absolute Gasteiger partial charge is 0.487 e. The van der Waals surface area contributed by atoms with Gasteiger partial charge in [0.15, 0.2) is 0 Å². The van der Waals surface area contributed by atoms with Crippen molar-refractivity contribution >= 4 is 18.3 Å². The van der Waals surface area contributed by atoms with Crippen molar-refractivity contribution in [2.75, 3.05) is 13.2 Å². The molecule has 1 aromatic rings. The zero-order chi connectivity index (χ0) is 16.5. The van der Waals surface area contributed by atoms with Gasteiger partial charge in [-0.3, -0.25) is 4.99 Å². The first-order valence-electron chi connectivity index (χ1n) is 8.16. The molecule has 0 saturated carbocycles. The van der Waals surface area contributed by atoms with Gasteiger partial charge in [0.2, 0.25) is 0 Å². The molecule has 0 atom stereocenters. The van der Waals surface area contributed by atoms with Crippen LogP contribution in [0.15, 0.2) is 41.4 Å². The van der Waals surface area contributed by atoms with E-state index in [1.807, 2.05) is 30.3 Å². The summed E-state index contributed by atoms with van der Waals surface area (Å²) in [6, 6.07) is 7.90. The molecule has 4 nitrogen and oxygen atoms in total. The molecule has 1 saturated heterocycles. The van der Waals surface area contributed by atoms with Crippen LogP contribution >= 0.6 is 0 Å². The highest BCUT2D eigenvalue weighted by atomic mass is 16.7. The van der Waals surface area contributed by atoms with E-state index in [4.69, 9.17) is 14.0 Å². The first kappa shape index (κ1) is 16.3. The van der Waals surface area contributed by atoms with Crippen LogP contribution in [0.4, 0.5) is 0 Å². The fourth-order valence-electron chi connectivity index (χ4n) is 2.51. The maximum absolute atomic E-state index is 6.05. The predicted octanol–water partition coefficient (Wildman–Crippen LogP) is 2.77. The average Bonchev–Trinajstić information content (AvgIpc) is 2.75. The lowest BCUT2D eigenvalue weighted by Crippen LogP contribution is -2.41. The lowest BCUT2D eigenvalue weighted by Gasteiger charge is -2.32. The normalized spacial score (nSPS) is 22.1. The Balaban J connectivity index is 1.62. The van der Waals surface area contributed by atoms with Crippen molar-refractivity contribution in [3.05, 3.63) is 36.4 Å². The monoisotopic (exact) mass is 313 g/mol. The molecule has 2 aliphatic rings. The Hall–Kier alpha value is -1.59. The molecular formula is C18H24BNO3. The molecule has 0 unspecified atom stereocenters. The van der Waals surface area contributed by atoms with Crippen LogP contribution in [0.3, 0.4) is 0 Å². The minimum Gasteiger partial charge on any atom is -0.487 e. The summed E-state index contributed by atoms with van der Waals surface area (Å²) in [7, 11) is -0.334. The van der Waals surface area contributed by atoms with Crippen molar-refractivity contribution < 1.29 is 14.0 Å². The number of hydrogen-bond donors (Lipinski definition) is 0. The minimum atomic E-state index is -0.334. The van der Waals surface area contributed by atoms with Gasteiger partial charge in [0.25, 0.3) is 0 Å². The molecule has 0 radical (unpaired) electrons. The summed E-state index contributed by atoms with van der Waals surface area (Å²) < 4.78 is 17.9. The van der Waals surface area contributed by atoms with Gasteiger partial charge in [-0.15, -0.1) is 0 Å². The first-order chi connectivity index (χ1) is 10.9. The number of benzene rings is 1. The van der Waals surface area contributed by atoms with Crippen LogP contribution in [0.5, 0.6) is 5.75 Å². The van der Waals surface area contributed by atoms with Gasteiger partial charge in [-0.05, 0) is 57.8 Å². The molecule has 0 amide bonds. The predicted molar refractivity (Wildman–Crippen MR) is 93.7 cm³/mol. The number of ether oxygens (including phenoxy) is 1. The molecular weight excluding hydrogens is 289 g/mol. The minimum absolute atomic E-state index is 0.321. The third-order valence-electron chi connectivity index (χ3n) is 4.71. The van der Waals surface area contributed by atoms with Crippen molar-refractivity contribution in [2.24, 2.45) is 4.99 Å². The van der Waals surface area contributed by atoms with Crippen molar-refractivity contribution in [3.8, 4) is 5.75 Å². The summed E-state index contributed by atoms with van der Waals surface area (Å²) >= 11 is 0. The van der Waals surface area contributed by atoms with Gasteiger partial charge in [-0.25, -0.2) is 0 Å². The van der Waals surface area contributed by atoms with Gasteiger partial charge in [-0.1, -0.05) is 18.2 Å². The van der Waals surface area contributed by atoms with Crippen LogP contribution in [0.25, 0.3) is 0 Å². The molecule has 2 heterocycles. The Morgan fingerprint density at radius 3 is 2.30 bits per heavy atom. The third-order valence-corrected chi connectivity index (χ3v) is 4.71. The van der Waals surface area contributed by atoms with Crippen LogP contribution in [-0.4, -0.2) is 37.2 Å². The van der Waals surface area contributed by atoms with Gasteiger partial charge in [0.05, 0.1) is 16.9 Å². The Morgan fingerprint density at radius 2 is 1.74 bits per heavy atom. The third kappa shape index (κ3) is 3.51. The van der Waals surface area contributed by atoms with Crippen LogP contribution in [0.1, 0.15) is 34.1 Å². The first-order valence-corrected chi connectivity index (χ1v) is 8.16. The van der Waals surface area contributed by atoms with Gasteiger partial charge in [0.1, 0.15) is 12.4 Å². The molecule has 0 N–H and O–H groups in total. The van der Waals surface area contributed by atoms with Gasteiger partial charge in [-0.2, -0.15) is 0 Å². The quantitative estimate of drug-likeness (QED) is 0.803. The van der Waals surface area contributed by atoms with E-state index in [0.29, 0.717) is 6.61 Å². The van der Waals surface area contributed by atoms with E-state index in [-0.39, 0.29) is 18.3 Å². The van der Waals surface area contributed by atoms with Crippen molar-refractivity contribution in [3.63, 3.8) is 0 Å². The summed E-state index contributed by atoms with van der Waals surface area (Å²) in [5, 5.41) is 0. The van der Waals surface area contributed by atoms with Crippen molar-refractivity contribution in [2.45, 2.75) is 45.3 Å². The van der Waals surface area contributed by atoms with E-state index in [1.165, 1.54) is 0 Å². The Bertz CT molecular complexity index is 604. The number of aliphatic imine (C=N–C) groups is 1. The van der Waals surface area contributed by atoms with Crippen molar-refractivity contribution in [1.29, 1.82) is 0 Å². The molecule has 0 spiro atoms. The molecule has 0 aromatic heterocycles. The SMILES string of the molecule is CC1(C)OB(c2ccc(OCC3=NCCC=C3)cc2)OC1(C)C. The molecule has 1 aromatic carbocycles. The number of dihydropyridines is 1. The van der Waals surface area contributed by atoms with Crippen LogP contribution < -0.4 is 10.2 Å². The van der Waals surface area contributed by atoms with Crippen LogP contribution in [-0.2, 0) is 9.31 Å². The zero-order valence-electron chi connectivity index (χ0n) is 14.3. The number of nitrogens with zero attached hydrogens (tertiary/aromatic N) is 1. The topological polar surface area (TPSA) is 40.0 Å². The summed E-state index contributed by atoms with van der Waals surface area (Å²) in [4.78, 5) is 4.42. The standard InChI is InChI=1S/C18H24BNO3/c1-17(2)18(3,4)23-19(22-17)14-8-10-16(11-9-14)21-13-15-7-5-6-12-20-15/h5,7-11H,6,12-13H2,1-4H3. The zero-order valence-corrected chi connectivity index (χ0v) is 14.3. The number of rotatable bonds is 4. The molecule has 3 rings (SSSR count). The lowest BCUT2D eigenvalue weighted by molar-refractivity contribution is 0.00578. The van der Waals surface area contributed by atoms with Gasteiger partial charge < -0.3 is 14.0 Å². The van der Waals surface area contributed by atoms with E-state index in [1.54, 1.807) is 0 Å². The fraction of sp³-hybridized carbons (Fsp3) is 0.500. The molecule has 23 heavy (non-hydrogen) atoms. The summed E-state index contributed by atoms with van der Waals surface area (Å²) in [6.45, 7) is 9.60. The maximum atomic E-state index is 6.05. The second-order valence-corrected chi connectivity index (χ2v) is 7.01. The van der Waals surface area contributed by atoms with E-state index in [9.17, 15) is 0 Å². The van der Waals surface area contributed by atoms with E-state index in [2.05, 4.69) is 38.8 Å². The highest BCUT2D eigenvalue weighted by Gasteiger charge is 2.51. The highest BCUT2D eigenvalue weighted by Crippen LogP contribution is 2.36. The number of hydrogen-bond acceptors (Lipinski definition) is 4. The Kier molecular flexibility index (Phi) is 4.34. The fourth-order valence-corrected chi connectivity index (χ4v) is 2.51. The van der Waals surface area contributed by atoms with Crippen molar-refractivity contribution in [1.82, 2.24) is 0 Å². The van der Waals surface area contributed by atoms with Gasteiger partial charge >= 0.3 is 7.12 Å². The van der Waals surface area contributed by atoms with Gasteiger partial charge in [0, 0.05) is 6.54 Å². The summed E-state index contributed by atoms with van der Waals surface area (Å²) in [6.07, 6.45) is 5.18. The largest absolute Gasteiger partial charge is 0.494 e. The molecule has 0 aliphatic carbocycles. The molecule has 2 aliphatic heterocycles. The molecule has 5 heteroatoms. The second-order valence-electron chi connectivity index (χ2n) is 7.01. The Morgan fingerprint density at radius 1 is 1.09 bits per heavy atom. The summed E-state index contributed by atoms with van der Waals surface area (Å²) in [5.74, 6) is 0.826. The second kappa shape index (κ2) is 6.14. The van der Waals surface area contributed by atoms with E-state index >= 15 is 0 Å². The molecule has 122 valence electrons. The lowest BCUT2D eigenvalue weighted by atomic mass is 9.79. The van der Waals surface area contributed by atoms with E-state index < -0.39 is 0 Å². The maximum Gasteiger partial charge on any atom is 0.494 e. The molecule has 1 fully saturated rings. The Labute approximate surface area is 138 Å². The molecule has 0 bridgehead atoms.